The average molecular weight is 452 g/mol. The van der Waals surface area contributed by atoms with Gasteiger partial charge in [-0.15, -0.1) is 0 Å². The number of anilines is 1. The molecule has 0 saturated heterocycles. The van der Waals surface area contributed by atoms with Crippen molar-refractivity contribution in [1.29, 1.82) is 0 Å². The Labute approximate surface area is 200 Å². The number of nitrogens with zero attached hydrogens (tertiary/aromatic N) is 2. The number of para-hydroxylation sites is 1. The van der Waals surface area contributed by atoms with Crippen molar-refractivity contribution >= 4 is 16.9 Å². The van der Waals surface area contributed by atoms with Crippen LogP contribution in [0.15, 0.2) is 95.4 Å². The molecule has 0 saturated carbocycles. The highest BCUT2D eigenvalue weighted by atomic mass is 16.5. The first-order chi connectivity index (χ1) is 16.5. The fraction of sp³-hybridized carbons (Fsp3) is 0.172. The molecule has 2 aromatic heterocycles. The maximum Gasteiger partial charge on any atom is 0.193 e. The van der Waals surface area contributed by atoms with Crippen LogP contribution in [0.25, 0.3) is 27.8 Å². The third-order valence-corrected chi connectivity index (χ3v) is 5.71. The molecule has 0 radical (unpaired) electrons. The summed E-state index contributed by atoms with van der Waals surface area (Å²) < 4.78 is 7.29. The predicted octanol–water partition coefficient (Wildman–Crippen LogP) is 6.65. The molecule has 0 spiro atoms. The Hall–Kier alpha value is -4.12. The van der Waals surface area contributed by atoms with Crippen LogP contribution in [0, 0.1) is 6.92 Å². The minimum Gasteiger partial charge on any atom is -0.497 e. The molecule has 0 atom stereocenters. The second-order valence-electron chi connectivity index (χ2n) is 7.97. The van der Waals surface area contributed by atoms with Crippen molar-refractivity contribution in [2.45, 2.75) is 27.2 Å². The SMILES string of the molecule is C/C=C(\C=C/CC)Nc1cc(=O)c2cc(-c3ccc(OC)cc3)c(C)nc2n1-c1ccccc1. The molecule has 0 unspecified atom stereocenters. The highest BCUT2D eigenvalue weighted by Crippen LogP contribution is 2.29. The zero-order valence-corrected chi connectivity index (χ0v) is 20.0. The number of rotatable bonds is 7. The topological polar surface area (TPSA) is 56.1 Å². The van der Waals surface area contributed by atoms with Gasteiger partial charge in [0.1, 0.15) is 17.2 Å². The van der Waals surface area contributed by atoms with E-state index in [9.17, 15) is 4.79 Å². The number of methoxy groups -OCH3 is 1. The molecule has 0 fully saturated rings. The molecule has 0 aliphatic rings. The van der Waals surface area contributed by atoms with Gasteiger partial charge in [-0.3, -0.25) is 9.36 Å². The van der Waals surface area contributed by atoms with Crippen molar-refractivity contribution in [3.8, 4) is 22.6 Å². The van der Waals surface area contributed by atoms with Gasteiger partial charge in [-0.2, -0.15) is 0 Å². The number of benzene rings is 2. The zero-order valence-electron chi connectivity index (χ0n) is 20.0. The van der Waals surface area contributed by atoms with Crippen molar-refractivity contribution in [3.05, 3.63) is 107 Å². The summed E-state index contributed by atoms with van der Waals surface area (Å²) in [6.07, 6.45) is 7.02. The Bertz CT molecular complexity index is 1420. The average Bonchev–Trinajstić information content (AvgIpc) is 2.87. The molecule has 4 rings (SSSR count). The number of pyridine rings is 2. The molecule has 2 heterocycles. The summed E-state index contributed by atoms with van der Waals surface area (Å²) in [6.45, 7) is 6.03. The van der Waals surface area contributed by atoms with Gasteiger partial charge >= 0.3 is 0 Å². The molecule has 0 amide bonds. The van der Waals surface area contributed by atoms with Gasteiger partial charge in [0, 0.05) is 28.7 Å². The second kappa shape index (κ2) is 10.2. The lowest BCUT2D eigenvalue weighted by Crippen LogP contribution is -2.15. The summed E-state index contributed by atoms with van der Waals surface area (Å²) in [6, 6.07) is 21.4. The summed E-state index contributed by atoms with van der Waals surface area (Å²) in [4.78, 5) is 18.3. The highest BCUT2D eigenvalue weighted by Gasteiger charge is 2.16. The Morgan fingerprint density at radius 3 is 2.47 bits per heavy atom. The van der Waals surface area contributed by atoms with Crippen LogP contribution in [-0.2, 0) is 0 Å². The zero-order chi connectivity index (χ0) is 24.1. The lowest BCUT2D eigenvalue weighted by atomic mass is 10.0. The fourth-order valence-electron chi connectivity index (χ4n) is 3.92. The van der Waals surface area contributed by atoms with Gasteiger partial charge in [-0.05, 0) is 62.2 Å². The Morgan fingerprint density at radius 1 is 1.09 bits per heavy atom. The number of ether oxygens (including phenoxy) is 1. The monoisotopic (exact) mass is 451 g/mol. The van der Waals surface area contributed by atoms with E-state index in [-0.39, 0.29) is 5.43 Å². The van der Waals surface area contributed by atoms with Crippen LogP contribution in [0.1, 0.15) is 26.0 Å². The summed E-state index contributed by atoms with van der Waals surface area (Å²) >= 11 is 0. The summed E-state index contributed by atoms with van der Waals surface area (Å²) in [5, 5.41) is 3.99. The van der Waals surface area contributed by atoms with Crippen LogP contribution in [0.3, 0.4) is 0 Å². The Morgan fingerprint density at radius 2 is 1.82 bits per heavy atom. The van der Waals surface area contributed by atoms with E-state index in [0.29, 0.717) is 16.9 Å². The maximum atomic E-state index is 13.3. The van der Waals surface area contributed by atoms with E-state index in [1.807, 2.05) is 91.2 Å². The van der Waals surface area contributed by atoms with E-state index < -0.39 is 0 Å². The number of aryl methyl sites for hydroxylation is 1. The van der Waals surface area contributed by atoms with E-state index in [1.165, 1.54) is 0 Å². The highest BCUT2D eigenvalue weighted by molar-refractivity contribution is 5.86. The minimum absolute atomic E-state index is 0.0816. The number of aromatic nitrogens is 2. The maximum absolute atomic E-state index is 13.3. The van der Waals surface area contributed by atoms with Gasteiger partial charge < -0.3 is 10.1 Å². The third kappa shape index (κ3) is 4.64. The molecular formula is C29H29N3O2. The molecular weight excluding hydrogens is 422 g/mol. The number of hydrogen-bond donors (Lipinski definition) is 1. The third-order valence-electron chi connectivity index (χ3n) is 5.71. The van der Waals surface area contributed by atoms with Crippen LogP contribution >= 0.6 is 0 Å². The molecule has 5 nitrogen and oxygen atoms in total. The van der Waals surface area contributed by atoms with E-state index >= 15 is 0 Å². The van der Waals surface area contributed by atoms with Crippen LogP contribution in [-0.4, -0.2) is 16.7 Å². The summed E-state index contributed by atoms with van der Waals surface area (Å²) in [5.74, 6) is 1.45. The lowest BCUT2D eigenvalue weighted by molar-refractivity contribution is 0.415. The predicted molar refractivity (Wildman–Crippen MR) is 141 cm³/mol. The number of hydrogen-bond acceptors (Lipinski definition) is 4. The Balaban J connectivity index is 1.95. The smallest absolute Gasteiger partial charge is 0.193 e. The molecule has 2 aromatic carbocycles. The lowest BCUT2D eigenvalue weighted by Gasteiger charge is -2.19. The van der Waals surface area contributed by atoms with Crippen molar-refractivity contribution in [2.24, 2.45) is 0 Å². The standard InChI is InChI=1S/C29H29N3O2/c1-5-7-11-22(6-2)31-28-19-27(33)26-18-25(21-14-16-24(34-4)17-15-21)20(3)30-29(26)32(28)23-12-9-8-10-13-23/h6-19,31H,5H2,1-4H3/b11-7-,22-6+. The van der Waals surface area contributed by atoms with E-state index in [0.717, 1.165) is 40.4 Å². The number of fused-ring (bicyclic) bond motifs is 1. The first kappa shape index (κ1) is 23.1. The Kier molecular flexibility index (Phi) is 6.93. The van der Waals surface area contributed by atoms with Gasteiger partial charge in [0.05, 0.1) is 12.5 Å². The van der Waals surface area contributed by atoms with Gasteiger partial charge in [-0.25, -0.2) is 4.98 Å². The molecule has 1 N–H and O–H groups in total. The molecule has 0 aliphatic heterocycles. The van der Waals surface area contributed by atoms with Crippen LogP contribution in [0.4, 0.5) is 5.82 Å². The van der Waals surface area contributed by atoms with Crippen LogP contribution in [0.5, 0.6) is 5.75 Å². The first-order valence-electron chi connectivity index (χ1n) is 11.4. The van der Waals surface area contributed by atoms with Gasteiger partial charge in [0.25, 0.3) is 0 Å². The van der Waals surface area contributed by atoms with Crippen molar-refractivity contribution in [2.75, 3.05) is 12.4 Å². The van der Waals surface area contributed by atoms with Gasteiger partial charge in [-0.1, -0.05) is 49.4 Å². The van der Waals surface area contributed by atoms with Gasteiger partial charge in [0.2, 0.25) is 0 Å². The van der Waals surface area contributed by atoms with E-state index in [4.69, 9.17) is 9.72 Å². The first-order valence-corrected chi connectivity index (χ1v) is 11.4. The van der Waals surface area contributed by atoms with Gasteiger partial charge in [0.15, 0.2) is 5.43 Å². The number of nitrogens with one attached hydrogen (secondary N) is 1. The molecule has 172 valence electrons. The minimum atomic E-state index is -0.0816. The van der Waals surface area contributed by atoms with E-state index in [2.05, 4.69) is 18.3 Å². The largest absolute Gasteiger partial charge is 0.497 e. The fourth-order valence-corrected chi connectivity index (χ4v) is 3.92. The quantitative estimate of drug-likeness (QED) is 0.320. The number of allylic oxidation sites excluding steroid dienone is 3. The van der Waals surface area contributed by atoms with Crippen LogP contribution in [0.2, 0.25) is 0 Å². The molecule has 0 aliphatic carbocycles. The van der Waals surface area contributed by atoms with E-state index in [1.54, 1.807) is 13.2 Å². The van der Waals surface area contributed by atoms with Crippen molar-refractivity contribution < 1.29 is 4.74 Å². The summed E-state index contributed by atoms with van der Waals surface area (Å²) in [5.41, 5.74) is 5.13. The summed E-state index contributed by atoms with van der Waals surface area (Å²) in [7, 11) is 1.65. The molecule has 4 aromatic rings. The van der Waals surface area contributed by atoms with Crippen LogP contribution < -0.4 is 15.5 Å². The van der Waals surface area contributed by atoms with Crippen molar-refractivity contribution in [3.63, 3.8) is 0 Å². The van der Waals surface area contributed by atoms with Crippen molar-refractivity contribution in [1.82, 2.24) is 9.55 Å². The molecule has 5 heteroatoms. The normalized spacial score (nSPS) is 11.8. The molecule has 0 bridgehead atoms. The molecule has 34 heavy (non-hydrogen) atoms. The second-order valence-corrected chi connectivity index (χ2v) is 7.97.